The smallest absolute Gasteiger partial charge is 0.290 e. The number of para-hydroxylation sites is 1. The molecule has 3 aromatic rings. The van der Waals surface area contributed by atoms with Crippen molar-refractivity contribution in [3.05, 3.63) is 44.6 Å². The molecule has 7 nitrogen and oxygen atoms in total. The zero-order chi connectivity index (χ0) is 14.1. The highest BCUT2D eigenvalue weighted by Gasteiger charge is 2.09. The zero-order valence-electron chi connectivity index (χ0n) is 10.0. The third kappa shape index (κ3) is 2.41. The molecule has 8 heteroatoms. The maximum atomic E-state index is 11.4. The van der Waals surface area contributed by atoms with E-state index in [-0.39, 0.29) is 5.82 Å². The molecule has 0 aliphatic heterocycles. The van der Waals surface area contributed by atoms with Gasteiger partial charge in [0.1, 0.15) is 15.5 Å². The Morgan fingerprint density at radius 3 is 2.95 bits per heavy atom. The maximum absolute atomic E-state index is 11.4. The number of ether oxygens (including phenoxy) is 1. The van der Waals surface area contributed by atoms with E-state index in [0.717, 1.165) is 3.70 Å². The first kappa shape index (κ1) is 12.8. The molecule has 3 rings (SSSR count). The van der Waals surface area contributed by atoms with Gasteiger partial charge in [0.15, 0.2) is 11.6 Å². The van der Waals surface area contributed by atoms with Crippen molar-refractivity contribution in [2.45, 2.75) is 0 Å². The van der Waals surface area contributed by atoms with E-state index in [1.807, 2.05) is 0 Å². The molecule has 0 aliphatic carbocycles. The van der Waals surface area contributed by atoms with Crippen LogP contribution in [0.15, 0.2) is 35.4 Å². The van der Waals surface area contributed by atoms with Crippen molar-refractivity contribution in [2.75, 3.05) is 5.73 Å². The molecule has 2 heterocycles. The van der Waals surface area contributed by atoms with Gasteiger partial charge in [-0.05, 0) is 34.7 Å². The number of H-pyrrole nitrogens is 1. The van der Waals surface area contributed by atoms with Gasteiger partial charge in [0.2, 0.25) is 5.88 Å². The van der Waals surface area contributed by atoms with Crippen LogP contribution in [0, 0.1) is 3.70 Å². The van der Waals surface area contributed by atoms with Gasteiger partial charge >= 0.3 is 0 Å². The van der Waals surface area contributed by atoms with E-state index in [1.54, 1.807) is 24.3 Å². The average Bonchev–Trinajstić information content (AvgIpc) is 2.41. The summed E-state index contributed by atoms with van der Waals surface area (Å²) >= 11 is 2.06. The van der Waals surface area contributed by atoms with E-state index in [2.05, 4.69) is 42.5 Å². The highest BCUT2D eigenvalue weighted by molar-refractivity contribution is 14.1. The average molecular weight is 381 g/mol. The van der Waals surface area contributed by atoms with Crippen LogP contribution >= 0.6 is 22.6 Å². The normalized spacial score (nSPS) is 10.7. The molecule has 0 atom stereocenters. The van der Waals surface area contributed by atoms with Crippen LogP contribution in [0.1, 0.15) is 0 Å². The molecule has 0 unspecified atom stereocenters. The Balaban J connectivity index is 2.12. The summed E-state index contributed by atoms with van der Waals surface area (Å²) in [6, 6.07) is 6.88. The summed E-state index contributed by atoms with van der Waals surface area (Å²) in [5.74, 6) is 0.745. The van der Waals surface area contributed by atoms with Crippen LogP contribution in [0.5, 0.6) is 11.6 Å². The lowest BCUT2D eigenvalue weighted by molar-refractivity contribution is 0.465. The summed E-state index contributed by atoms with van der Waals surface area (Å²) in [6.07, 6.45) is 1.41. The number of anilines is 1. The van der Waals surface area contributed by atoms with Crippen molar-refractivity contribution in [3.8, 4) is 11.6 Å². The van der Waals surface area contributed by atoms with Crippen molar-refractivity contribution in [1.82, 2.24) is 19.9 Å². The Labute approximate surface area is 126 Å². The third-order valence-electron chi connectivity index (χ3n) is 2.54. The quantitative estimate of drug-likeness (QED) is 0.517. The van der Waals surface area contributed by atoms with Gasteiger partial charge in [0.25, 0.3) is 5.56 Å². The molecule has 1 aromatic carbocycles. The van der Waals surface area contributed by atoms with Gasteiger partial charge in [-0.15, -0.1) is 0 Å². The molecular weight excluding hydrogens is 373 g/mol. The van der Waals surface area contributed by atoms with Gasteiger partial charge in [0, 0.05) is 6.07 Å². The van der Waals surface area contributed by atoms with Crippen LogP contribution in [-0.4, -0.2) is 19.9 Å². The molecule has 0 bridgehead atoms. The number of nitrogens with zero attached hydrogens (tertiary/aromatic N) is 3. The van der Waals surface area contributed by atoms with Crippen LogP contribution in [0.25, 0.3) is 11.0 Å². The monoisotopic (exact) mass is 381 g/mol. The van der Waals surface area contributed by atoms with Crippen molar-refractivity contribution in [3.63, 3.8) is 0 Å². The number of benzene rings is 1. The predicted octanol–water partition coefficient (Wildman–Crippen LogP) is 1.69. The van der Waals surface area contributed by atoms with Crippen LogP contribution in [0.4, 0.5) is 5.82 Å². The summed E-state index contributed by atoms with van der Waals surface area (Å²) in [5.41, 5.74) is 6.13. The first-order valence-corrected chi connectivity index (χ1v) is 6.65. The number of hydrogen-bond acceptors (Lipinski definition) is 6. The van der Waals surface area contributed by atoms with E-state index < -0.39 is 5.56 Å². The number of fused-ring (bicyclic) bond motifs is 1. The molecule has 0 saturated heterocycles. The SMILES string of the molecule is Nc1nc2c(Oc3cc(I)ncn3)cccc2[nH]c1=O. The van der Waals surface area contributed by atoms with E-state index in [0.29, 0.717) is 22.7 Å². The highest BCUT2D eigenvalue weighted by Crippen LogP contribution is 2.26. The number of aromatic nitrogens is 4. The van der Waals surface area contributed by atoms with E-state index in [4.69, 9.17) is 10.5 Å². The molecule has 100 valence electrons. The lowest BCUT2D eigenvalue weighted by Gasteiger charge is -2.07. The molecular formula is C12H8IN5O2. The molecule has 0 spiro atoms. The number of nitrogens with two attached hydrogens (primary N) is 1. The van der Waals surface area contributed by atoms with Gasteiger partial charge in [-0.2, -0.15) is 0 Å². The lowest BCUT2D eigenvalue weighted by atomic mass is 10.3. The third-order valence-corrected chi connectivity index (χ3v) is 3.13. The Morgan fingerprint density at radius 1 is 1.30 bits per heavy atom. The standard InChI is InChI=1S/C12H8IN5O2/c13-8-4-9(16-5-15-8)20-7-3-1-2-6-10(7)18-11(14)12(19)17-6/h1-5H,(H2,14,18)(H,17,19). The fourth-order valence-corrected chi connectivity index (χ4v) is 2.06. The Morgan fingerprint density at radius 2 is 2.15 bits per heavy atom. The lowest BCUT2D eigenvalue weighted by Crippen LogP contribution is -2.13. The van der Waals surface area contributed by atoms with Crippen molar-refractivity contribution in [2.24, 2.45) is 0 Å². The van der Waals surface area contributed by atoms with E-state index in [9.17, 15) is 4.79 Å². The molecule has 0 radical (unpaired) electrons. The molecule has 0 saturated carbocycles. The summed E-state index contributed by atoms with van der Waals surface area (Å²) in [4.78, 5) is 26.1. The number of halogens is 1. The number of hydrogen-bond donors (Lipinski definition) is 2. The predicted molar refractivity (Wildman–Crippen MR) is 81.6 cm³/mol. The van der Waals surface area contributed by atoms with Crippen LogP contribution in [-0.2, 0) is 0 Å². The van der Waals surface area contributed by atoms with Crippen LogP contribution < -0.4 is 16.0 Å². The minimum atomic E-state index is -0.425. The summed E-state index contributed by atoms with van der Waals surface area (Å²) in [6.45, 7) is 0. The van der Waals surface area contributed by atoms with Gasteiger partial charge in [-0.1, -0.05) is 6.07 Å². The Kier molecular flexibility index (Phi) is 3.22. The first-order valence-electron chi connectivity index (χ1n) is 5.57. The van der Waals surface area contributed by atoms with Gasteiger partial charge in [0.05, 0.1) is 5.52 Å². The number of nitrogens with one attached hydrogen (secondary N) is 1. The second-order valence-electron chi connectivity index (χ2n) is 3.88. The van der Waals surface area contributed by atoms with Gasteiger partial charge < -0.3 is 15.5 Å². The van der Waals surface area contributed by atoms with E-state index in [1.165, 1.54) is 6.33 Å². The van der Waals surface area contributed by atoms with Crippen molar-refractivity contribution < 1.29 is 4.74 Å². The van der Waals surface area contributed by atoms with Crippen molar-refractivity contribution in [1.29, 1.82) is 0 Å². The largest absolute Gasteiger partial charge is 0.437 e. The minimum Gasteiger partial charge on any atom is -0.437 e. The second-order valence-corrected chi connectivity index (χ2v) is 4.99. The molecule has 0 amide bonds. The molecule has 2 aromatic heterocycles. The van der Waals surface area contributed by atoms with Crippen LogP contribution in [0.3, 0.4) is 0 Å². The molecule has 0 fully saturated rings. The van der Waals surface area contributed by atoms with Gasteiger partial charge in [-0.3, -0.25) is 4.79 Å². The fraction of sp³-hybridized carbons (Fsp3) is 0. The fourth-order valence-electron chi connectivity index (χ4n) is 1.66. The van der Waals surface area contributed by atoms with E-state index >= 15 is 0 Å². The molecule has 20 heavy (non-hydrogen) atoms. The summed E-state index contributed by atoms with van der Waals surface area (Å²) in [7, 11) is 0. The summed E-state index contributed by atoms with van der Waals surface area (Å²) < 4.78 is 6.43. The number of nitrogen functional groups attached to an aromatic ring is 1. The number of rotatable bonds is 2. The Bertz CT molecular complexity index is 849. The molecule has 3 N–H and O–H groups in total. The summed E-state index contributed by atoms with van der Waals surface area (Å²) in [5, 5.41) is 0. The minimum absolute atomic E-state index is 0.106. The topological polar surface area (TPSA) is 107 Å². The van der Waals surface area contributed by atoms with Crippen LogP contribution in [0.2, 0.25) is 0 Å². The maximum Gasteiger partial charge on any atom is 0.290 e. The first-order chi connectivity index (χ1) is 9.63. The second kappa shape index (κ2) is 5.04. The van der Waals surface area contributed by atoms with Gasteiger partial charge in [-0.25, -0.2) is 15.0 Å². The molecule has 0 aliphatic rings. The van der Waals surface area contributed by atoms with Crippen molar-refractivity contribution >= 4 is 39.4 Å². The highest BCUT2D eigenvalue weighted by atomic mass is 127. The number of aromatic amines is 1. The Hall–Kier alpha value is -2.23. The zero-order valence-corrected chi connectivity index (χ0v) is 12.2.